The van der Waals surface area contributed by atoms with Crippen LogP contribution >= 0.6 is 0 Å². The van der Waals surface area contributed by atoms with Gasteiger partial charge in [0.2, 0.25) is 5.95 Å². The van der Waals surface area contributed by atoms with Crippen LogP contribution in [0.1, 0.15) is 5.69 Å². The summed E-state index contributed by atoms with van der Waals surface area (Å²) in [5.74, 6) is 1.59. The molecule has 0 radical (unpaired) electrons. The Morgan fingerprint density at radius 3 is 2.25 bits per heavy atom. The second-order valence-electron chi connectivity index (χ2n) is 7.82. The molecule has 4 aromatic rings. The number of hydrogen-bond acceptors (Lipinski definition) is 6. The Labute approximate surface area is 187 Å². The van der Waals surface area contributed by atoms with Gasteiger partial charge in [-0.3, -0.25) is 0 Å². The summed E-state index contributed by atoms with van der Waals surface area (Å²) in [5, 5.41) is 4.69. The van der Waals surface area contributed by atoms with Crippen molar-refractivity contribution in [3.05, 3.63) is 78.8 Å². The lowest BCUT2D eigenvalue weighted by Crippen LogP contribution is -2.47. The molecule has 0 aliphatic carbocycles. The van der Waals surface area contributed by atoms with Gasteiger partial charge in [-0.2, -0.15) is 5.10 Å². The van der Waals surface area contributed by atoms with Gasteiger partial charge in [-0.25, -0.2) is 14.6 Å². The van der Waals surface area contributed by atoms with E-state index in [2.05, 4.69) is 45.1 Å². The molecule has 1 fully saturated rings. The molecule has 1 aliphatic heterocycles. The summed E-state index contributed by atoms with van der Waals surface area (Å²) in [4.78, 5) is 14.1. The lowest BCUT2D eigenvalue weighted by molar-refractivity contribution is 0.414. The van der Waals surface area contributed by atoms with Crippen LogP contribution in [-0.2, 0) is 0 Å². The van der Waals surface area contributed by atoms with E-state index in [4.69, 9.17) is 14.8 Å². The lowest BCUT2D eigenvalue weighted by atomic mass is 10.2. The van der Waals surface area contributed by atoms with Crippen LogP contribution < -0.4 is 14.5 Å². The molecule has 0 bridgehead atoms. The normalized spacial score (nSPS) is 13.9. The van der Waals surface area contributed by atoms with Crippen molar-refractivity contribution >= 4 is 11.6 Å². The number of para-hydroxylation sites is 1. The number of rotatable bonds is 5. The van der Waals surface area contributed by atoms with Crippen LogP contribution in [0.4, 0.5) is 11.6 Å². The summed E-state index contributed by atoms with van der Waals surface area (Å²) in [6.07, 6.45) is 3.86. The minimum Gasteiger partial charge on any atom is -0.497 e. The number of hydrogen-bond donors (Lipinski definition) is 0. The Bertz CT molecular complexity index is 1180. The lowest BCUT2D eigenvalue weighted by Gasteiger charge is -2.36. The summed E-state index contributed by atoms with van der Waals surface area (Å²) < 4.78 is 7.13. The molecule has 7 heteroatoms. The summed E-state index contributed by atoms with van der Waals surface area (Å²) in [6.45, 7) is 5.69. The number of methoxy groups -OCH3 is 1. The molecular weight excluding hydrogens is 400 g/mol. The number of benzene rings is 2. The Hall–Kier alpha value is -3.87. The molecule has 0 atom stereocenters. The predicted octanol–water partition coefficient (Wildman–Crippen LogP) is 3.97. The van der Waals surface area contributed by atoms with Gasteiger partial charge in [-0.15, -0.1) is 0 Å². The van der Waals surface area contributed by atoms with Crippen LogP contribution in [0, 0.1) is 6.92 Å². The van der Waals surface area contributed by atoms with Crippen LogP contribution in [0.15, 0.2) is 73.1 Å². The molecule has 0 amide bonds. The Morgan fingerprint density at radius 2 is 1.53 bits per heavy atom. The van der Waals surface area contributed by atoms with Gasteiger partial charge in [0.15, 0.2) is 0 Å². The first kappa shape index (κ1) is 20.1. The van der Waals surface area contributed by atoms with Crippen molar-refractivity contribution < 1.29 is 4.74 Å². The molecule has 2 aromatic heterocycles. The van der Waals surface area contributed by atoms with Crippen LogP contribution in [0.2, 0.25) is 0 Å². The summed E-state index contributed by atoms with van der Waals surface area (Å²) >= 11 is 0. The zero-order chi connectivity index (χ0) is 21.9. The second-order valence-corrected chi connectivity index (χ2v) is 7.82. The molecule has 162 valence electrons. The number of ether oxygens (including phenoxy) is 1. The third-order valence-electron chi connectivity index (χ3n) is 5.84. The fourth-order valence-electron chi connectivity index (χ4n) is 4.03. The highest BCUT2D eigenvalue weighted by Gasteiger charge is 2.20. The first-order valence-corrected chi connectivity index (χ1v) is 10.8. The van der Waals surface area contributed by atoms with Crippen LogP contribution in [0.3, 0.4) is 0 Å². The van der Waals surface area contributed by atoms with Gasteiger partial charge < -0.3 is 14.5 Å². The van der Waals surface area contributed by atoms with Crippen molar-refractivity contribution in [3.63, 3.8) is 0 Å². The maximum Gasteiger partial charge on any atom is 0.225 e. The van der Waals surface area contributed by atoms with Crippen LogP contribution in [0.5, 0.6) is 5.75 Å². The number of aromatic nitrogens is 4. The molecule has 2 aromatic carbocycles. The average Bonchev–Trinajstić information content (AvgIpc) is 3.26. The van der Waals surface area contributed by atoms with Crippen molar-refractivity contribution in [1.29, 1.82) is 0 Å². The predicted molar refractivity (Wildman–Crippen MR) is 127 cm³/mol. The first-order chi connectivity index (χ1) is 15.7. The monoisotopic (exact) mass is 426 g/mol. The van der Waals surface area contributed by atoms with Crippen molar-refractivity contribution in [2.24, 2.45) is 0 Å². The van der Waals surface area contributed by atoms with E-state index in [1.54, 1.807) is 7.11 Å². The van der Waals surface area contributed by atoms with E-state index < -0.39 is 0 Å². The van der Waals surface area contributed by atoms with Crippen molar-refractivity contribution in [2.75, 3.05) is 43.1 Å². The maximum atomic E-state index is 5.25. The molecular formula is C25H26N6O. The zero-order valence-corrected chi connectivity index (χ0v) is 18.3. The fraction of sp³-hybridized carbons (Fsp3) is 0.240. The Morgan fingerprint density at radius 1 is 0.812 bits per heavy atom. The molecule has 1 aliphatic rings. The van der Waals surface area contributed by atoms with E-state index in [0.717, 1.165) is 60.5 Å². The minimum atomic E-state index is 0.770. The molecule has 1 saturated heterocycles. The van der Waals surface area contributed by atoms with Crippen LogP contribution in [-0.4, -0.2) is 53.0 Å². The number of piperazine rings is 1. The SMILES string of the molecule is COc1ccc(-n2cc(-c3ccnc(N4CCN(c5ccccc5)CC4)n3)c(C)n2)cc1. The number of aryl methyl sites for hydroxylation is 1. The quantitative estimate of drug-likeness (QED) is 0.481. The van der Waals surface area contributed by atoms with E-state index in [-0.39, 0.29) is 0 Å². The molecule has 32 heavy (non-hydrogen) atoms. The fourth-order valence-corrected chi connectivity index (χ4v) is 4.03. The van der Waals surface area contributed by atoms with Crippen molar-refractivity contribution in [1.82, 2.24) is 19.7 Å². The summed E-state index contributed by atoms with van der Waals surface area (Å²) in [5.41, 5.74) is 5.07. The molecule has 5 rings (SSSR count). The largest absolute Gasteiger partial charge is 0.497 e. The van der Waals surface area contributed by atoms with E-state index in [9.17, 15) is 0 Å². The smallest absolute Gasteiger partial charge is 0.225 e. The molecule has 0 saturated carbocycles. The maximum absolute atomic E-state index is 5.25. The van der Waals surface area contributed by atoms with E-state index in [1.807, 2.05) is 54.3 Å². The summed E-state index contributed by atoms with van der Waals surface area (Å²) in [7, 11) is 1.67. The average molecular weight is 427 g/mol. The topological polar surface area (TPSA) is 59.3 Å². The van der Waals surface area contributed by atoms with Gasteiger partial charge in [0, 0.05) is 49.8 Å². The standard InChI is InChI=1S/C25H26N6O/c1-19-23(18-31(28-19)21-8-10-22(32-2)11-9-21)24-12-13-26-25(27-24)30-16-14-29(15-17-30)20-6-4-3-5-7-20/h3-13,18H,14-17H2,1-2H3. The van der Waals surface area contributed by atoms with Crippen LogP contribution in [0.25, 0.3) is 16.9 Å². The highest BCUT2D eigenvalue weighted by Crippen LogP contribution is 2.25. The molecule has 0 unspecified atom stereocenters. The third kappa shape index (κ3) is 4.01. The van der Waals surface area contributed by atoms with E-state index in [1.165, 1.54) is 5.69 Å². The summed E-state index contributed by atoms with van der Waals surface area (Å²) in [6, 6.07) is 20.4. The Kier molecular flexibility index (Phi) is 5.46. The molecule has 3 heterocycles. The molecule has 0 spiro atoms. The van der Waals surface area contributed by atoms with Gasteiger partial charge in [-0.1, -0.05) is 18.2 Å². The second kappa shape index (κ2) is 8.70. The van der Waals surface area contributed by atoms with Crippen molar-refractivity contribution in [2.45, 2.75) is 6.92 Å². The molecule has 7 nitrogen and oxygen atoms in total. The van der Waals surface area contributed by atoms with Gasteiger partial charge in [0.1, 0.15) is 5.75 Å². The van der Waals surface area contributed by atoms with E-state index in [0.29, 0.717) is 0 Å². The van der Waals surface area contributed by atoms with E-state index >= 15 is 0 Å². The Balaban J connectivity index is 1.34. The third-order valence-corrected chi connectivity index (χ3v) is 5.84. The van der Waals surface area contributed by atoms with Crippen molar-refractivity contribution in [3.8, 4) is 22.7 Å². The zero-order valence-electron chi connectivity index (χ0n) is 18.3. The first-order valence-electron chi connectivity index (χ1n) is 10.8. The van der Waals surface area contributed by atoms with Gasteiger partial charge in [0.05, 0.1) is 24.2 Å². The van der Waals surface area contributed by atoms with Gasteiger partial charge in [0.25, 0.3) is 0 Å². The minimum absolute atomic E-state index is 0.770. The molecule has 0 N–H and O–H groups in total. The number of nitrogens with zero attached hydrogens (tertiary/aromatic N) is 6. The highest BCUT2D eigenvalue weighted by molar-refractivity contribution is 5.63. The highest BCUT2D eigenvalue weighted by atomic mass is 16.5. The number of anilines is 2. The van der Waals surface area contributed by atoms with Gasteiger partial charge >= 0.3 is 0 Å². The van der Waals surface area contributed by atoms with Gasteiger partial charge in [-0.05, 0) is 49.4 Å².